The number of methoxy groups -OCH3 is 2. The molecular formula is C21H17N3O5S. The summed E-state index contributed by atoms with van der Waals surface area (Å²) in [6.07, 6.45) is 0. The lowest BCUT2D eigenvalue weighted by atomic mass is 10.1. The van der Waals surface area contributed by atoms with Gasteiger partial charge in [-0.15, -0.1) is 0 Å². The zero-order chi connectivity index (χ0) is 21.1. The molecule has 1 N–H and O–H groups in total. The molecule has 1 aliphatic heterocycles. The molecule has 30 heavy (non-hydrogen) atoms. The number of amides is 1. The number of nitrogens with zero attached hydrogens (tertiary/aromatic N) is 2. The number of fused-ring (bicyclic) bond motifs is 2. The Bertz CT molecular complexity index is 1180. The maximum Gasteiger partial charge on any atom is 0.234 e. The Hall–Kier alpha value is -3.64. The summed E-state index contributed by atoms with van der Waals surface area (Å²) in [6, 6.07) is 12.6. The second-order valence-electron chi connectivity index (χ2n) is 6.26. The van der Waals surface area contributed by atoms with Crippen molar-refractivity contribution in [3.8, 4) is 29.1 Å². The fraction of sp³-hybridized carbons (Fsp3) is 0.190. The third-order valence-electron chi connectivity index (χ3n) is 4.40. The van der Waals surface area contributed by atoms with Crippen molar-refractivity contribution in [1.29, 1.82) is 5.26 Å². The number of nitrogens with one attached hydrogen (secondary N) is 1. The second kappa shape index (κ2) is 8.39. The lowest BCUT2D eigenvalue weighted by molar-refractivity contribution is -0.113. The molecule has 0 bridgehead atoms. The van der Waals surface area contributed by atoms with Crippen LogP contribution in [0.5, 0.6) is 23.0 Å². The molecule has 8 nitrogen and oxygen atoms in total. The Morgan fingerprint density at radius 2 is 1.93 bits per heavy atom. The molecule has 0 atom stereocenters. The van der Waals surface area contributed by atoms with Crippen LogP contribution < -0.4 is 24.3 Å². The predicted octanol–water partition coefficient (Wildman–Crippen LogP) is 3.58. The van der Waals surface area contributed by atoms with Crippen molar-refractivity contribution in [2.75, 3.05) is 32.1 Å². The summed E-state index contributed by atoms with van der Waals surface area (Å²) in [5.74, 6) is 2.20. The van der Waals surface area contributed by atoms with E-state index in [9.17, 15) is 10.1 Å². The molecule has 3 aromatic rings. The minimum Gasteiger partial charge on any atom is -0.493 e. The third kappa shape index (κ3) is 3.90. The Kier molecular flexibility index (Phi) is 5.50. The first kappa shape index (κ1) is 19.7. The molecule has 0 saturated carbocycles. The molecular weight excluding hydrogens is 406 g/mol. The van der Waals surface area contributed by atoms with Crippen LogP contribution in [0.1, 0.15) is 5.56 Å². The minimum absolute atomic E-state index is 0.0922. The standard InChI is InChI=1S/C21H17N3O5S/c1-26-17-6-12-5-13(9-22)21(24-15(12)8-18(17)27-2)30-10-20(25)23-14-3-4-16-19(7-14)29-11-28-16/h3-8H,10-11H2,1-2H3,(H,23,25). The molecule has 152 valence electrons. The fourth-order valence-corrected chi connectivity index (χ4v) is 3.74. The van der Waals surface area contributed by atoms with E-state index in [0.29, 0.717) is 44.8 Å². The topological polar surface area (TPSA) is 103 Å². The van der Waals surface area contributed by atoms with Gasteiger partial charge in [0.05, 0.1) is 31.1 Å². The van der Waals surface area contributed by atoms with Crippen LogP contribution in [0.15, 0.2) is 41.4 Å². The first-order valence-electron chi connectivity index (χ1n) is 8.90. The van der Waals surface area contributed by atoms with Gasteiger partial charge in [-0.25, -0.2) is 4.98 Å². The predicted molar refractivity (Wildman–Crippen MR) is 111 cm³/mol. The zero-order valence-corrected chi connectivity index (χ0v) is 17.0. The number of pyridine rings is 1. The highest BCUT2D eigenvalue weighted by Gasteiger charge is 2.16. The van der Waals surface area contributed by atoms with E-state index in [1.54, 1.807) is 50.6 Å². The van der Waals surface area contributed by atoms with Gasteiger partial charge < -0.3 is 24.3 Å². The third-order valence-corrected chi connectivity index (χ3v) is 5.39. The molecule has 0 radical (unpaired) electrons. The van der Waals surface area contributed by atoms with Crippen LogP contribution in [0.4, 0.5) is 5.69 Å². The average Bonchev–Trinajstić information content (AvgIpc) is 3.23. The molecule has 0 fully saturated rings. The zero-order valence-electron chi connectivity index (χ0n) is 16.2. The van der Waals surface area contributed by atoms with Crippen molar-refractivity contribution in [3.63, 3.8) is 0 Å². The number of aromatic nitrogens is 1. The number of carbonyl (C=O) groups is 1. The summed E-state index contributed by atoms with van der Waals surface area (Å²) >= 11 is 1.19. The molecule has 0 spiro atoms. The maximum atomic E-state index is 12.4. The lowest BCUT2D eigenvalue weighted by Crippen LogP contribution is -2.14. The van der Waals surface area contributed by atoms with Crippen molar-refractivity contribution in [2.45, 2.75) is 5.03 Å². The Labute approximate surface area is 176 Å². The summed E-state index contributed by atoms with van der Waals surface area (Å²) < 4.78 is 21.2. The van der Waals surface area contributed by atoms with Crippen molar-refractivity contribution in [1.82, 2.24) is 4.98 Å². The number of hydrogen-bond acceptors (Lipinski definition) is 8. The molecule has 0 unspecified atom stereocenters. The molecule has 1 amide bonds. The molecule has 2 aromatic carbocycles. The molecule has 0 saturated heterocycles. The number of carbonyl (C=O) groups excluding carboxylic acids is 1. The first-order valence-corrected chi connectivity index (χ1v) is 9.89. The Morgan fingerprint density at radius 1 is 1.17 bits per heavy atom. The smallest absolute Gasteiger partial charge is 0.234 e. The van der Waals surface area contributed by atoms with E-state index >= 15 is 0 Å². The number of rotatable bonds is 6. The number of thioether (sulfide) groups is 1. The van der Waals surface area contributed by atoms with Gasteiger partial charge in [0.25, 0.3) is 0 Å². The fourth-order valence-electron chi connectivity index (χ4n) is 2.98. The molecule has 0 aliphatic carbocycles. The van der Waals surface area contributed by atoms with E-state index in [-0.39, 0.29) is 18.5 Å². The largest absolute Gasteiger partial charge is 0.493 e. The van der Waals surface area contributed by atoms with Crippen LogP contribution in [0.2, 0.25) is 0 Å². The van der Waals surface area contributed by atoms with E-state index in [2.05, 4.69) is 16.4 Å². The van der Waals surface area contributed by atoms with E-state index in [1.165, 1.54) is 11.8 Å². The summed E-state index contributed by atoms with van der Waals surface area (Å²) in [5, 5.41) is 13.5. The first-order chi connectivity index (χ1) is 14.6. The molecule has 1 aromatic heterocycles. The van der Waals surface area contributed by atoms with Crippen LogP contribution in [-0.4, -0.2) is 37.7 Å². The Balaban J connectivity index is 1.51. The summed E-state index contributed by atoms with van der Waals surface area (Å²) in [5.41, 5.74) is 1.63. The molecule has 1 aliphatic rings. The van der Waals surface area contributed by atoms with Crippen LogP contribution in [-0.2, 0) is 4.79 Å². The summed E-state index contributed by atoms with van der Waals surface area (Å²) in [6.45, 7) is 0.170. The molecule has 2 heterocycles. The van der Waals surface area contributed by atoms with Crippen LogP contribution >= 0.6 is 11.8 Å². The average molecular weight is 423 g/mol. The van der Waals surface area contributed by atoms with Gasteiger partial charge in [0.2, 0.25) is 12.7 Å². The van der Waals surface area contributed by atoms with Gasteiger partial charge in [-0.1, -0.05) is 11.8 Å². The summed E-state index contributed by atoms with van der Waals surface area (Å²) in [7, 11) is 3.09. The normalized spacial score (nSPS) is 11.8. The van der Waals surface area contributed by atoms with Gasteiger partial charge in [-0.3, -0.25) is 4.79 Å². The second-order valence-corrected chi connectivity index (χ2v) is 7.22. The SMILES string of the molecule is COc1cc2cc(C#N)c(SCC(=O)Nc3ccc4c(c3)OCO4)nc2cc1OC. The van der Waals surface area contributed by atoms with Crippen molar-refractivity contribution in [3.05, 3.63) is 42.0 Å². The molecule has 4 rings (SSSR count). The molecule has 9 heteroatoms. The van der Waals surface area contributed by atoms with Gasteiger partial charge in [0, 0.05) is 23.2 Å². The van der Waals surface area contributed by atoms with Crippen molar-refractivity contribution in [2.24, 2.45) is 0 Å². The van der Waals surface area contributed by atoms with Gasteiger partial charge in [0.15, 0.2) is 23.0 Å². The van der Waals surface area contributed by atoms with Crippen LogP contribution in [0, 0.1) is 11.3 Å². The van der Waals surface area contributed by atoms with Gasteiger partial charge in [-0.05, 0) is 24.3 Å². The number of ether oxygens (including phenoxy) is 4. The number of benzene rings is 2. The maximum absolute atomic E-state index is 12.4. The van der Waals surface area contributed by atoms with E-state index in [4.69, 9.17) is 18.9 Å². The Morgan fingerprint density at radius 3 is 2.70 bits per heavy atom. The lowest BCUT2D eigenvalue weighted by Gasteiger charge is -2.11. The van der Waals surface area contributed by atoms with E-state index in [0.717, 1.165) is 5.39 Å². The van der Waals surface area contributed by atoms with Crippen LogP contribution in [0.25, 0.3) is 10.9 Å². The van der Waals surface area contributed by atoms with E-state index in [1.807, 2.05) is 0 Å². The van der Waals surface area contributed by atoms with E-state index < -0.39 is 0 Å². The van der Waals surface area contributed by atoms with Crippen molar-refractivity contribution < 1.29 is 23.7 Å². The highest BCUT2D eigenvalue weighted by atomic mass is 32.2. The van der Waals surface area contributed by atoms with Gasteiger partial charge >= 0.3 is 0 Å². The number of hydrogen-bond donors (Lipinski definition) is 1. The minimum atomic E-state index is -0.225. The highest BCUT2D eigenvalue weighted by molar-refractivity contribution is 8.00. The monoisotopic (exact) mass is 423 g/mol. The number of nitriles is 1. The van der Waals surface area contributed by atoms with Gasteiger partial charge in [0.1, 0.15) is 11.1 Å². The summed E-state index contributed by atoms with van der Waals surface area (Å²) in [4.78, 5) is 16.9. The van der Waals surface area contributed by atoms with Crippen molar-refractivity contribution >= 4 is 34.3 Å². The number of anilines is 1. The van der Waals surface area contributed by atoms with Crippen LogP contribution in [0.3, 0.4) is 0 Å². The van der Waals surface area contributed by atoms with Gasteiger partial charge in [-0.2, -0.15) is 5.26 Å². The quantitative estimate of drug-likeness (QED) is 0.600. The highest BCUT2D eigenvalue weighted by Crippen LogP contribution is 2.35.